The largest absolute Gasteiger partial charge is 0.338 e. The summed E-state index contributed by atoms with van der Waals surface area (Å²) in [6, 6.07) is 0. The lowest BCUT2D eigenvalue weighted by atomic mass is 10.0. The molecule has 0 bridgehead atoms. The van der Waals surface area contributed by atoms with Gasteiger partial charge in [0.2, 0.25) is 0 Å². The predicted octanol–water partition coefficient (Wildman–Crippen LogP) is 2.87. The van der Waals surface area contributed by atoms with Crippen molar-refractivity contribution in [3.63, 3.8) is 0 Å². The van der Waals surface area contributed by atoms with Gasteiger partial charge in [-0.1, -0.05) is 6.92 Å². The van der Waals surface area contributed by atoms with E-state index in [1.807, 2.05) is 0 Å². The molecule has 1 unspecified atom stereocenters. The van der Waals surface area contributed by atoms with E-state index in [2.05, 4.69) is 11.8 Å². The molecule has 4 nitrogen and oxygen atoms in total. The Balaban J connectivity index is 4.47. The van der Waals surface area contributed by atoms with Crippen LogP contribution in [-0.2, 0) is 18.4 Å². The Labute approximate surface area is 104 Å². The van der Waals surface area contributed by atoms with Crippen molar-refractivity contribution in [2.45, 2.75) is 34.1 Å². The van der Waals surface area contributed by atoms with Crippen molar-refractivity contribution in [1.82, 2.24) is 0 Å². The zero-order valence-electron chi connectivity index (χ0n) is 11.0. The number of hydrogen-bond acceptors (Lipinski definition) is 4. The van der Waals surface area contributed by atoms with Crippen LogP contribution >= 0.6 is 7.60 Å². The fraction of sp³-hybridized carbons (Fsp3) is 0.750. The molecule has 0 saturated heterocycles. The highest BCUT2D eigenvalue weighted by Crippen LogP contribution is 2.48. The van der Waals surface area contributed by atoms with E-state index in [9.17, 15) is 9.36 Å². The second-order valence-electron chi connectivity index (χ2n) is 3.60. The molecule has 0 heterocycles. The molecular weight excluding hydrogens is 239 g/mol. The zero-order valence-corrected chi connectivity index (χ0v) is 11.9. The van der Waals surface area contributed by atoms with Gasteiger partial charge in [0.1, 0.15) is 11.9 Å². The molecule has 0 fully saturated rings. The van der Waals surface area contributed by atoms with Crippen molar-refractivity contribution in [3.05, 3.63) is 0 Å². The first-order chi connectivity index (χ1) is 7.99. The molecule has 0 radical (unpaired) electrons. The number of Topliss-reactive ketones (excluding diaryl/α,β-unsaturated/α-hetero) is 1. The van der Waals surface area contributed by atoms with E-state index in [4.69, 9.17) is 9.05 Å². The van der Waals surface area contributed by atoms with E-state index in [1.54, 1.807) is 27.7 Å². The molecule has 0 aliphatic heterocycles. The van der Waals surface area contributed by atoms with Gasteiger partial charge in [0.05, 0.1) is 13.2 Å². The normalized spacial score (nSPS) is 12.7. The van der Waals surface area contributed by atoms with E-state index >= 15 is 0 Å². The number of ketones is 1. The highest BCUT2D eigenvalue weighted by atomic mass is 31.2. The fourth-order valence-electron chi connectivity index (χ4n) is 1.24. The fourth-order valence-corrected chi connectivity index (χ4v) is 2.97. The van der Waals surface area contributed by atoms with Crippen LogP contribution in [-0.4, -0.2) is 25.2 Å². The van der Waals surface area contributed by atoms with Gasteiger partial charge in [-0.2, -0.15) is 0 Å². The standard InChI is InChI=1S/C12H21O4P/c1-5-8-9-11(4)12(13)10-17(14,15-6-2)16-7-3/h11H,6-7,9-10H2,1-4H3. The second kappa shape index (κ2) is 8.47. The molecule has 0 aromatic rings. The van der Waals surface area contributed by atoms with Crippen LogP contribution in [0.1, 0.15) is 34.1 Å². The Kier molecular flexibility index (Phi) is 8.16. The summed E-state index contributed by atoms with van der Waals surface area (Å²) in [6.07, 6.45) is 0.314. The molecule has 0 saturated carbocycles. The van der Waals surface area contributed by atoms with E-state index in [-0.39, 0.29) is 31.1 Å². The average Bonchev–Trinajstić information content (AvgIpc) is 2.26. The predicted molar refractivity (Wildman–Crippen MR) is 68.0 cm³/mol. The molecular formula is C12H21O4P. The van der Waals surface area contributed by atoms with Gasteiger partial charge in [-0.05, 0) is 20.8 Å². The monoisotopic (exact) mass is 260 g/mol. The summed E-state index contributed by atoms with van der Waals surface area (Å²) in [4.78, 5) is 11.8. The van der Waals surface area contributed by atoms with Gasteiger partial charge in [-0.3, -0.25) is 9.36 Å². The summed E-state index contributed by atoms with van der Waals surface area (Å²) in [5.74, 6) is 5.20. The lowest BCUT2D eigenvalue weighted by Gasteiger charge is -2.17. The topological polar surface area (TPSA) is 52.6 Å². The van der Waals surface area contributed by atoms with Crippen LogP contribution in [0.2, 0.25) is 0 Å². The molecule has 0 amide bonds. The third kappa shape index (κ3) is 6.63. The number of rotatable bonds is 8. The average molecular weight is 260 g/mol. The van der Waals surface area contributed by atoms with Gasteiger partial charge in [0, 0.05) is 12.3 Å². The maximum atomic E-state index is 12.1. The van der Waals surface area contributed by atoms with E-state index < -0.39 is 7.60 Å². The molecule has 0 N–H and O–H groups in total. The van der Waals surface area contributed by atoms with E-state index in [1.165, 1.54) is 0 Å². The molecule has 0 rings (SSSR count). The highest BCUT2D eigenvalue weighted by Gasteiger charge is 2.29. The van der Waals surface area contributed by atoms with Crippen LogP contribution in [0, 0.1) is 17.8 Å². The molecule has 0 aromatic carbocycles. The summed E-state index contributed by atoms with van der Waals surface area (Å²) < 4.78 is 22.2. The smallest absolute Gasteiger partial charge is 0.309 e. The SMILES string of the molecule is CC#CCC(C)C(=O)CP(=O)(OCC)OCC. The first-order valence-electron chi connectivity index (χ1n) is 5.79. The van der Waals surface area contributed by atoms with Gasteiger partial charge < -0.3 is 9.05 Å². The van der Waals surface area contributed by atoms with Gasteiger partial charge in [-0.25, -0.2) is 0 Å². The Morgan fingerprint density at radius 3 is 2.24 bits per heavy atom. The third-order valence-corrected chi connectivity index (χ3v) is 4.14. The maximum Gasteiger partial charge on any atom is 0.338 e. The Morgan fingerprint density at radius 2 is 1.82 bits per heavy atom. The van der Waals surface area contributed by atoms with E-state index in [0.29, 0.717) is 6.42 Å². The molecule has 0 aliphatic carbocycles. The summed E-state index contributed by atoms with van der Waals surface area (Å²) in [6.45, 7) is 7.49. The van der Waals surface area contributed by atoms with Crippen molar-refractivity contribution in [2.24, 2.45) is 5.92 Å². The van der Waals surface area contributed by atoms with Gasteiger partial charge in [0.15, 0.2) is 0 Å². The van der Waals surface area contributed by atoms with Crippen molar-refractivity contribution in [1.29, 1.82) is 0 Å². The first-order valence-corrected chi connectivity index (χ1v) is 7.52. The minimum Gasteiger partial charge on any atom is -0.309 e. The molecule has 1 atom stereocenters. The van der Waals surface area contributed by atoms with Crippen molar-refractivity contribution in [3.8, 4) is 11.8 Å². The zero-order chi connectivity index (χ0) is 13.3. The molecule has 0 aliphatic rings. The lowest BCUT2D eigenvalue weighted by molar-refractivity contribution is -0.120. The second-order valence-corrected chi connectivity index (χ2v) is 5.66. The Bertz CT molecular complexity index is 330. The van der Waals surface area contributed by atoms with Crippen LogP contribution < -0.4 is 0 Å². The van der Waals surface area contributed by atoms with Gasteiger partial charge in [0.25, 0.3) is 0 Å². The summed E-state index contributed by atoms with van der Waals surface area (Å²) >= 11 is 0. The van der Waals surface area contributed by atoms with Crippen molar-refractivity contribution in [2.75, 3.05) is 19.4 Å². The van der Waals surface area contributed by atoms with Crippen LogP contribution in [0.5, 0.6) is 0 Å². The third-order valence-electron chi connectivity index (χ3n) is 2.14. The number of hydrogen-bond donors (Lipinski definition) is 0. The summed E-state index contributed by atoms with van der Waals surface area (Å²) in [5.41, 5.74) is 0. The Morgan fingerprint density at radius 1 is 1.29 bits per heavy atom. The summed E-state index contributed by atoms with van der Waals surface area (Å²) in [7, 11) is -3.26. The number of carbonyl (C=O) groups excluding carboxylic acids is 1. The quantitative estimate of drug-likeness (QED) is 0.497. The highest BCUT2D eigenvalue weighted by molar-refractivity contribution is 7.54. The van der Waals surface area contributed by atoms with Gasteiger partial charge in [-0.15, -0.1) is 11.8 Å². The molecule has 0 aromatic heterocycles. The molecule has 0 spiro atoms. The minimum absolute atomic E-state index is 0.127. The summed E-state index contributed by atoms with van der Waals surface area (Å²) in [5, 5.41) is 0. The van der Waals surface area contributed by atoms with Crippen LogP contribution in [0.15, 0.2) is 0 Å². The Hall–Kier alpha value is -0.620. The van der Waals surface area contributed by atoms with E-state index in [0.717, 1.165) is 0 Å². The minimum atomic E-state index is -3.26. The lowest BCUT2D eigenvalue weighted by Crippen LogP contribution is -2.17. The molecule has 17 heavy (non-hydrogen) atoms. The maximum absolute atomic E-state index is 12.1. The van der Waals surface area contributed by atoms with Crippen molar-refractivity contribution >= 4 is 13.4 Å². The van der Waals surface area contributed by atoms with Crippen LogP contribution in [0.4, 0.5) is 0 Å². The molecule has 5 heteroatoms. The van der Waals surface area contributed by atoms with Crippen LogP contribution in [0.25, 0.3) is 0 Å². The van der Waals surface area contributed by atoms with Crippen molar-refractivity contribution < 1.29 is 18.4 Å². The molecule has 98 valence electrons. The van der Waals surface area contributed by atoms with Crippen LogP contribution in [0.3, 0.4) is 0 Å². The van der Waals surface area contributed by atoms with Gasteiger partial charge >= 0.3 is 7.60 Å². The number of carbonyl (C=O) groups is 1. The first kappa shape index (κ1) is 16.4.